The third-order valence-corrected chi connectivity index (χ3v) is 4.37. The Kier molecular flexibility index (Phi) is 4.34. The van der Waals surface area contributed by atoms with Crippen molar-refractivity contribution in [3.63, 3.8) is 0 Å². The number of nitrogens with zero attached hydrogens (tertiary/aromatic N) is 1. The molecule has 106 valence electrons. The second-order valence-corrected chi connectivity index (χ2v) is 5.46. The van der Waals surface area contributed by atoms with Crippen LogP contribution < -0.4 is 20.6 Å². The van der Waals surface area contributed by atoms with Crippen LogP contribution in [0.2, 0.25) is 0 Å². The summed E-state index contributed by atoms with van der Waals surface area (Å²) in [5.41, 5.74) is -0.185. The van der Waals surface area contributed by atoms with E-state index in [9.17, 15) is 14.4 Å². The van der Waals surface area contributed by atoms with Crippen LogP contribution in [0, 0.1) is 0 Å². The van der Waals surface area contributed by atoms with Crippen molar-refractivity contribution in [3.8, 4) is 0 Å². The van der Waals surface area contributed by atoms with E-state index in [4.69, 9.17) is 0 Å². The molecular weight excluding hydrogens is 276 g/mol. The molecule has 1 fully saturated rings. The van der Waals surface area contributed by atoms with Crippen molar-refractivity contribution in [1.29, 1.82) is 0 Å². The summed E-state index contributed by atoms with van der Waals surface area (Å²) in [6, 6.07) is -0.586. The maximum absolute atomic E-state index is 12.4. The van der Waals surface area contributed by atoms with Crippen LogP contribution in [-0.4, -0.2) is 15.8 Å². The first-order valence-corrected chi connectivity index (χ1v) is 7.20. The van der Waals surface area contributed by atoms with Gasteiger partial charge in [-0.25, -0.2) is 0 Å². The number of imide groups is 1. The van der Waals surface area contributed by atoms with Crippen LogP contribution >= 0.6 is 11.5 Å². The first-order chi connectivity index (χ1) is 9.58. The summed E-state index contributed by atoms with van der Waals surface area (Å²) in [6.45, 7) is 3.73. The standard InChI is InChI=1S/C14H16N2O3S/c1-3-5-6-9-11(4-2)20-16(14(9)19)10-7-8-12(17)15-13(10)18/h3-6,10H,7-8H2,1-2H3,(H,15,17,18)/b5-3-,9-6+,11-4+. The molecule has 5 nitrogen and oxygen atoms in total. The van der Waals surface area contributed by atoms with Crippen molar-refractivity contribution in [2.24, 2.45) is 0 Å². The van der Waals surface area contributed by atoms with Gasteiger partial charge in [0, 0.05) is 6.42 Å². The molecule has 1 aromatic heterocycles. The van der Waals surface area contributed by atoms with Crippen molar-refractivity contribution in [2.75, 3.05) is 0 Å². The quantitative estimate of drug-likeness (QED) is 0.783. The molecule has 0 saturated carbocycles. The fraction of sp³-hybridized carbons (Fsp3) is 0.357. The van der Waals surface area contributed by atoms with E-state index in [0.29, 0.717) is 11.6 Å². The highest BCUT2D eigenvalue weighted by molar-refractivity contribution is 7.04. The molecule has 1 aromatic rings. The Labute approximate surface area is 120 Å². The lowest BCUT2D eigenvalue weighted by Crippen LogP contribution is -2.45. The van der Waals surface area contributed by atoms with Crippen LogP contribution in [0.4, 0.5) is 0 Å². The van der Waals surface area contributed by atoms with Gasteiger partial charge in [0.15, 0.2) is 0 Å². The van der Waals surface area contributed by atoms with Gasteiger partial charge in [0.25, 0.3) is 11.5 Å². The van der Waals surface area contributed by atoms with E-state index < -0.39 is 11.9 Å². The molecule has 0 aromatic carbocycles. The third-order valence-electron chi connectivity index (χ3n) is 3.10. The molecular formula is C14H16N2O3S. The second-order valence-electron chi connectivity index (χ2n) is 4.45. The molecule has 0 radical (unpaired) electrons. The van der Waals surface area contributed by atoms with Gasteiger partial charge in [-0.05, 0) is 26.3 Å². The monoisotopic (exact) mass is 292 g/mol. The van der Waals surface area contributed by atoms with E-state index in [-0.39, 0.29) is 17.9 Å². The first kappa shape index (κ1) is 14.5. The number of hydrogen-bond acceptors (Lipinski definition) is 4. The molecule has 0 spiro atoms. The van der Waals surface area contributed by atoms with E-state index in [0.717, 1.165) is 4.53 Å². The van der Waals surface area contributed by atoms with Gasteiger partial charge in [0.05, 0.1) is 9.75 Å². The zero-order valence-electron chi connectivity index (χ0n) is 11.4. The Hall–Kier alpha value is -1.95. The summed E-state index contributed by atoms with van der Waals surface area (Å²) in [5.74, 6) is -0.677. The summed E-state index contributed by atoms with van der Waals surface area (Å²) < 4.78 is 2.30. The molecule has 6 heteroatoms. The van der Waals surface area contributed by atoms with Crippen molar-refractivity contribution in [2.45, 2.75) is 32.7 Å². The number of amides is 2. The third kappa shape index (κ3) is 2.65. The average Bonchev–Trinajstić information content (AvgIpc) is 2.73. The number of allylic oxidation sites excluding steroid dienone is 2. The molecule has 0 bridgehead atoms. The smallest absolute Gasteiger partial charge is 0.269 e. The number of aromatic nitrogens is 1. The van der Waals surface area contributed by atoms with Crippen molar-refractivity contribution in [1.82, 2.24) is 9.27 Å². The molecule has 2 amide bonds. The Balaban J connectivity index is 2.55. The lowest BCUT2D eigenvalue weighted by molar-refractivity contribution is -0.135. The highest BCUT2D eigenvalue weighted by Gasteiger charge is 2.29. The lowest BCUT2D eigenvalue weighted by atomic mass is 10.1. The minimum absolute atomic E-state index is 0.185. The summed E-state index contributed by atoms with van der Waals surface area (Å²) in [4.78, 5) is 35.4. The van der Waals surface area contributed by atoms with Gasteiger partial charge in [-0.3, -0.25) is 23.7 Å². The summed E-state index contributed by atoms with van der Waals surface area (Å²) in [5, 5.41) is 2.86. The molecule has 20 heavy (non-hydrogen) atoms. The summed E-state index contributed by atoms with van der Waals surface area (Å²) in [6.07, 6.45) is 7.87. The molecule has 1 saturated heterocycles. The normalized spacial score (nSPS) is 21.8. The predicted octanol–water partition coefficient (Wildman–Crippen LogP) is 0.0445. The highest BCUT2D eigenvalue weighted by Crippen LogP contribution is 2.16. The Bertz CT molecular complexity index is 739. The maximum Gasteiger partial charge on any atom is 0.269 e. The summed E-state index contributed by atoms with van der Waals surface area (Å²) in [7, 11) is 0. The Morgan fingerprint density at radius 2 is 2.05 bits per heavy atom. The number of piperidine rings is 1. The minimum Gasteiger partial charge on any atom is -0.295 e. The van der Waals surface area contributed by atoms with Crippen LogP contribution in [0.25, 0.3) is 12.2 Å². The van der Waals surface area contributed by atoms with Gasteiger partial charge >= 0.3 is 0 Å². The van der Waals surface area contributed by atoms with E-state index >= 15 is 0 Å². The first-order valence-electron chi connectivity index (χ1n) is 6.43. The van der Waals surface area contributed by atoms with E-state index in [1.54, 1.807) is 12.2 Å². The number of hydrogen-bond donors (Lipinski definition) is 1. The largest absolute Gasteiger partial charge is 0.295 e. The molecule has 1 atom stereocenters. The van der Waals surface area contributed by atoms with Crippen LogP contribution in [0.3, 0.4) is 0 Å². The highest BCUT2D eigenvalue weighted by atomic mass is 32.1. The van der Waals surface area contributed by atoms with Crippen LogP contribution in [0.15, 0.2) is 16.9 Å². The number of rotatable bonds is 2. The fourth-order valence-corrected chi connectivity index (χ4v) is 3.17. The number of carbonyl (C=O) groups excluding carboxylic acids is 2. The van der Waals surface area contributed by atoms with Crippen LogP contribution in [0.5, 0.6) is 0 Å². The second kappa shape index (κ2) is 6.00. The zero-order chi connectivity index (χ0) is 14.7. The van der Waals surface area contributed by atoms with Gasteiger partial charge in [-0.1, -0.05) is 29.8 Å². The minimum atomic E-state index is -0.586. The van der Waals surface area contributed by atoms with Gasteiger partial charge in [-0.15, -0.1) is 0 Å². The van der Waals surface area contributed by atoms with E-state index in [1.807, 2.05) is 26.0 Å². The van der Waals surface area contributed by atoms with Crippen molar-refractivity contribution in [3.05, 3.63) is 32.3 Å². The lowest BCUT2D eigenvalue weighted by Gasteiger charge is -2.20. The number of nitrogens with one attached hydrogen (secondary N) is 1. The molecule has 0 aliphatic carbocycles. The molecule has 1 aliphatic heterocycles. The van der Waals surface area contributed by atoms with E-state index in [2.05, 4.69) is 5.32 Å². The van der Waals surface area contributed by atoms with Gasteiger partial charge in [0.2, 0.25) is 5.91 Å². The number of carbonyl (C=O) groups is 2. The molecule has 1 unspecified atom stereocenters. The SMILES string of the molecule is C\C=C/C=c1/c(=O)n(C2CCC(=O)NC2=O)s/c1=C/C. The van der Waals surface area contributed by atoms with Crippen molar-refractivity contribution >= 4 is 35.5 Å². The molecule has 1 aliphatic rings. The van der Waals surface area contributed by atoms with Crippen LogP contribution in [0.1, 0.15) is 32.7 Å². The predicted molar refractivity (Wildman–Crippen MR) is 78.7 cm³/mol. The van der Waals surface area contributed by atoms with E-state index in [1.165, 1.54) is 15.5 Å². The van der Waals surface area contributed by atoms with Gasteiger partial charge < -0.3 is 0 Å². The summed E-state index contributed by atoms with van der Waals surface area (Å²) >= 11 is 1.26. The Morgan fingerprint density at radius 3 is 2.65 bits per heavy atom. The zero-order valence-corrected chi connectivity index (χ0v) is 12.2. The average molecular weight is 292 g/mol. The van der Waals surface area contributed by atoms with Gasteiger partial charge in [0.1, 0.15) is 6.04 Å². The molecule has 1 N–H and O–H groups in total. The fourth-order valence-electron chi connectivity index (χ4n) is 2.09. The van der Waals surface area contributed by atoms with Crippen LogP contribution in [-0.2, 0) is 9.59 Å². The topological polar surface area (TPSA) is 68.2 Å². The Morgan fingerprint density at radius 1 is 1.30 bits per heavy atom. The molecule has 2 rings (SSSR count). The molecule has 2 heterocycles. The van der Waals surface area contributed by atoms with Crippen molar-refractivity contribution < 1.29 is 9.59 Å². The van der Waals surface area contributed by atoms with Gasteiger partial charge in [-0.2, -0.15) is 0 Å². The maximum atomic E-state index is 12.4.